The van der Waals surface area contributed by atoms with Crippen LogP contribution in [-0.2, 0) is 10.0 Å². The quantitative estimate of drug-likeness (QED) is 0.804. The number of benzene rings is 1. The lowest BCUT2D eigenvalue weighted by Crippen LogP contribution is -2.34. The molecule has 1 unspecified atom stereocenters. The number of aryl methyl sites for hydroxylation is 1. The Morgan fingerprint density at radius 3 is 2.67 bits per heavy atom. The highest BCUT2D eigenvalue weighted by Crippen LogP contribution is 2.17. The second-order valence-corrected chi connectivity index (χ2v) is 6.35. The molecule has 0 bridgehead atoms. The Kier molecular flexibility index (Phi) is 4.78. The van der Waals surface area contributed by atoms with Gasteiger partial charge in [0.25, 0.3) is 0 Å². The number of nitrogens with one attached hydrogen (secondary N) is 1. The van der Waals surface area contributed by atoms with E-state index in [0.29, 0.717) is 11.1 Å². The van der Waals surface area contributed by atoms with Crippen molar-refractivity contribution < 1.29 is 12.8 Å². The molecule has 1 rings (SSSR count). The third-order valence-corrected chi connectivity index (χ3v) is 4.12. The first kappa shape index (κ1) is 15.0. The Labute approximate surface area is 111 Å². The summed E-state index contributed by atoms with van der Waals surface area (Å²) in [5, 5.41) is 0. The topological polar surface area (TPSA) is 72.2 Å². The molecule has 3 N–H and O–H groups in total. The van der Waals surface area contributed by atoms with Gasteiger partial charge in [-0.05, 0) is 31.0 Å². The Bertz CT molecular complexity index is 558. The third kappa shape index (κ3) is 4.32. The molecule has 0 aliphatic rings. The first-order chi connectivity index (χ1) is 8.21. The highest BCUT2D eigenvalue weighted by atomic mass is 32.2. The maximum Gasteiger partial charge on any atom is 0.218 e. The summed E-state index contributed by atoms with van der Waals surface area (Å²) in [5.41, 5.74) is 6.25. The Morgan fingerprint density at radius 2 is 2.17 bits per heavy atom. The molecular weight excluding hydrogens is 275 g/mol. The van der Waals surface area contributed by atoms with Crippen molar-refractivity contribution >= 4 is 27.2 Å². The van der Waals surface area contributed by atoms with Crippen LogP contribution in [0.3, 0.4) is 0 Å². The average Bonchev–Trinajstić information content (AvgIpc) is 2.19. The van der Waals surface area contributed by atoms with Gasteiger partial charge in [0.1, 0.15) is 11.6 Å². The fourth-order valence-corrected chi connectivity index (χ4v) is 3.04. The molecule has 0 aromatic heterocycles. The first-order valence-corrected chi connectivity index (χ1v) is 7.31. The predicted octanol–water partition coefficient (Wildman–Crippen LogP) is 1.40. The number of rotatable bonds is 5. The molecule has 0 saturated heterocycles. The molecule has 0 heterocycles. The highest BCUT2D eigenvalue weighted by Gasteiger charge is 2.17. The fraction of sp³-hybridized carbons (Fsp3) is 0.364. The number of hydrogen-bond acceptors (Lipinski definition) is 3. The zero-order valence-electron chi connectivity index (χ0n) is 10.1. The van der Waals surface area contributed by atoms with Gasteiger partial charge >= 0.3 is 0 Å². The lowest BCUT2D eigenvalue weighted by molar-refractivity contribution is 0.568. The van der Waals surface area contributed by atoms with Crippen molar-refractivity contribution in [2.24, 2.45) is 5.73 Å². The molecule has 1 aromatic carbocycles. The van der Waals surface area contributed by atoms with E-state index in [9.17, 15) is 12.8 Å². The largest absolute Gasteiger partial charge is 0.392 e. The van der Waals surface area contributed by atoms with Crippen LogP contribution in [0.2, 0.25) is 0 Å². The molecule has 0 radical (unpaired) electrons. The monoisotopic (exact) mass is 290 g/mol. The van der Waals surface area contributed by atoms with Gasteiger partial charge in [0.05, 0.1) is 4.99 Å². The highest BCUT2D eigenvalue weighted by molar-refractivity contribution is 7.92. The maximum absolute atomic E-state index is 13.4. The van der Waals surface area contributed by atoms with Crippen LogP contribution in [0.4, 0.5) is 4.39 Å². The van der Waals surface area contributed by atoms with Crippen molar-refractivity contribution in [1.29, 1.82) is 0 Å². The summed E-state index contributed by atoms with van der Waals surface area (Å²) in [5.74, 6) is -0.783. The predicted molar refractivity (Wildman–Crippen MR) is 73.3 cm³/mol. The summed E-state index contributed by atoms with van der Waals surface area (Å²) < 4.78 is 39.0. The summed E-state index contributed by atoms with van der Waals surface area (Å²) in [6.45, 7) is 3.27. The Hall–Kier alpha value is -1.05. The van der Waals surface area contributed by atoms with E-state index in [1.54, 1.807) is 26.0 Å². The van der Waals surface area contributed by atoms with E-state index in [1.165, 1.54) is 6.07 Å². The minimum absolute atomic E-state index is 0.107. The summed E-state index contributed by atoms with van der Waals surface area (Å²) in [4.78, 5) is -0.107. The van der Waals surface area contributed by atoms with Gasteiger partial charge in [0, 0.05) is 6.04 Å². The van der Waals surface area contributed by atoms with Gasteiger partial charge in [-0.15, -0.1) is 0 Å². The van der Waals surface area contributed by atoms with Gasteiger partial charge < -0.3 is 5.73 Å². The minimum atomic E-state index is -3.59. The van der Waals surface area contributed by atoms with Gasteiger partial charge in [-0.1, -0.05) is 24.4 Å². The minimum Gasteiger partial charge on any atom is -0.392 e. The normalized spacial score (nSPS) is 13.3. The fourth-order valence-electron chi connectivity index (χ4n) is 1.44. The lowest BCUT2D eigenvalue weighted by atomic mass is 10.1. The zero-order chi connectivity index (χ0) is 13.9. The van der Waals surface area contributed by atoms with Gasteiger partial charge in [0.15, 0.2) is 0 Å². The summed E-state index contributed by atoms with van der Waals surface area (Å²) >= 11 is 4.55. The van der Waals surface area contributed by atoms with Crippen LogP contribution in [0.1, 0.15) is 24.1 Å². The van der Waals surface area contributed by atoms with Crippen LogP contribution < -0.4 is 10.5 Å². The molecule has 0 aliphatic carbocycles. The van der Waals surface area contributed by atoms with E-state index in [0.717, 1.165) is 0 Å². The third-order valence-electron chi connectivity index (χ3n) is 2.38. The summed E-state index contributed by atoms with van der Waals surface area (Å²) in [6, 6.07) is 4.04. The zero-order valence-corrected chi connectivity index (χ0v) is 11.7. The molecule has 4 nitrogen and oxygen atoms in total. The van der Waals surface area contributed by atoms with Crippen molar-refractivity contribution in [3.63, 3.8) is 0 Å². The number of nitrogens with two attached hydrogens (primary N) is 1. The molecule has 0 amide bonds. The first-order valence-electron chi connectivity index (χ1n) is 5.25. The summed E-state index contributed by atoms with van der Waals surface area (Å²) in [6.07, 6.45) is 0. The molecular formula is C11H15FN2O2S2. The van der Waals surface area contributed by atoms with Crippen LogP contribution in [-0.4, -0.2) is 19.2 Å². The van der Waals surface area contributed by atoms with Crippen LogP contribution in [0.5, 0.6) is 0 Å². The SMILES string of the molecule is Cc1ccc(C(C)NS(=O)(=O)CC(N)=S)cc1F. The smallest absolute Gasteiger partial charge is 0.218 e. The van der Waals surface area contributed by atoms with Gasteiger partial charge in [0.2, 0.25) is 10.0 Å². The Balaban J connectivity index is 2.85. The molecule has 18 heavy (non-hydrogen) atoms. The van der Waals surface area contributed by atoms with Crippen LogP contribution >= 0.6 is 12.2 Å². The van der Waals surface area contributed by atoms with Crippen molar-refractivity contribution in [2.75, 3.05) is 5.75 Å². The van der Waals surface area contributed by atoms with Gasteiger partial charge in [-0.2, -0.15) is 0 Å². The maximum atomic E-state index is 13.4. The van der Waals surface area contributed by atoms with E-state index in [-0.39, 0.29) is 10.8 Å². The molecule has 0 spiro atoms. The molecule has 0 saturated carbocycles. The van der Waals surface area contributed by atoms with Crippen molar-refractivity contribution in [1.82, 2.24) is 4.72 Å². The number of halogens is 1. The van der Waals surface area contributed by atoms with Crippen LogP contribution in [0.25, 0.3) is 0 Å². The van der Waals surface area contributed by atoms with E-state index in [1.807, 2.05) is 0 Å². The van der Waals surface area contributed by atoms with E-state index < -0.39 is 21.8 Å². The van der Waals surface area contributed by atoms with Crippen LogP contribution in [0, 0.1) is 12.7 Å². The molecule has 100 valence electrons. The standard InChI is InChI=1S/C11H15FN2O2S2/c1-7-3-4-9(5-10(7)12)8(2)14-18(15,16)6-11(13)17/h3-5,8,14H,6H2,1-2H3,(H2,13,17). The Morgan fingerprint density at radius 1 is 1.56 bits per heavy atom. The van der Waals surface area contributed by atoms with E-state index in [4.69, 9.17) is 5.73 Å². The van der Waals surface area contributed by atoms with Crippen LogP contribution in [0.15, 0.2) is 18.2 Å². The summed E-state index contributed by atoms with van der Waals surface area (Å²) in [7, 11) is -3.59. The number of hydrogen-bond donors (Lipinski definition) is 2. The van der Waals surface area contributed by atoms with Crippen molar-refractivity contribution in [3.8, 4) is 0 Å². The number of thiocarbonyl (C=S) groups is 1. The van der Waals surface area contributed by atoms with Crippen molar-refractivity contribution in [2.45, 2.75) is 19.9 Å². The van der Waals surface area contributed by atoms with Gasteiger partial charge in [-0.25, -0.2) is 17.5 Å². The van der Waals surface area contributed by atoms with E-state index >= 15 is 0 Å². The van der Waals surface area contributed by atoms with Crippen molar-refractivity contribution in [3.05, 3.63) is 35.1 Å². The molecule has 1 aromatic rings. The average molecular weight is 290 g/mol. The lowest BCUT2D eigenvalue weighted by Gasteiger charge is -2.14. The number of sulfonamides is 1. The second-order valence-electron chi connectivity index (χ2n) is 4.07. The van der Waals surface area contributed by atoms with Gasteiger partial charge in [-0.3, -0.25) is 0 Å². The molecule has 0 fully saturated rings. The molecule has 0 aliphatic heterocycles. The second kappa shape index (κ2) is 5.73. The molecule has 1 atom stereocenters. The van der Waals surface area contributed by atoms with E-state index in [2.05, 4.69) is 16.9 Å². The molecule has 7 heteroatoms.